The van der Waals surface area contributed by atoms with E-state index in [1.807, 2.05) is 0 Å². The van der Waals surface area contributed by atoms with Crippen LogP contribution in [0.15, 0.2) is 46.9 Å². The first-order valence-electron chi connectivity index (χ1n) is 5.96. The Morgan fingerprint density at radius 1 is 1.25 bits per heavy atom. The van der Waals surface area contributed by atoms with Gasteiger partial charge in [0.1, 0.15) is 11.6 Å². The fourth-order valence-corrected chi connectivity index (χ4v) is 2.05. The van der Waals surface area contributed by atoms with Gasteiger partial charge in [-0.2, -0.15) is 0 Å². The van der Waals surface area contributed by atoms with Crippen molar-refractivity contribution in [2.24, 2.45) is 0 Å². The molecule has 0 spiro atoms. The molecule has 0 aliphatic rings. The molecule has 104 valence electrons. The monoisotopic (exact) mass is 337 g/mol. The number of halogens is 2. The highest BCUT2D eigenvalue weighted by atomic mass is 79.9. The van der Waals surface area contributed by atoms with Gasteiger partial charge >= 0.3 is 0 Å². The van der Waals surface area contributed by atoms with Crippen LogP contribution in [0, 0.1) is 5.82 Å². The number of carbonyl (C=O) groups excluding carboxylic acids is 1. The van der Waals surface area contributed by atoms with E-state index in [4.69, 9.17) is 4.74 Å². The van der Waals surface area contributed by atoms with Crippen LogP contribution in [0.3, 0.4) is 0 Å². The van der Waals surface area contributed by atoms with E-state index in [0.717, 1.165) is 10.0 Å². The Labute approximate surface area is 124 Å². The molecule has 20 heavy (non-hydrogen) atoms. The molecule has 3 nitrogen and oxygen atoms in total. The summed E-state index contributed by atoms with van der Waals surface area (Å²) < 4.78 is 18.7. The largest absolute Gasteiger partial charge is 0.497 e. The molecule has 0 saturated carbocycles. The van der Waals surface area contributed by atoms with Crippen molar-refractivity contribution in [3.05, 3.63) is 58.3 Å². The number of hydrogen-bond donors (Lipinski definition) is 1. The van der Waals surface area contributed by atoms with Crippen molar-refractivity contribution in [2.45, 2.75) is 6.42 Å². The number of hydrogen-bond acceptors (Lipinski definition) is 2. The van der Waals surface area contributed by atoms with E-state index in [0.29, 0.717) is 11.4 Å². The lowest BCUT2D eigenvalue weighted by atomic mass is 10.1. The minimum atomic E-state index is -0.315. The molecule has 0 aliphatic heterocycles. The van der Waals surface area contributed by atoms with Crippen LogP contribution in [0.2, 0.25) is 0 Å². The molecule has 0 atom stereocenters. The third-order valence-electron chi connectivity index (χ3n) is 2.73. The molecule has 0 aromatic heterocycles. The van der Waals surface area contributed by atoms with Crippen molar-refractivity contribution in [1.29, 1.82) is 0 Å². The number of nitrogens with one attached hydrogen (secondary N) is 1. The zero-order valence-corrected chi connectivity index (χ0v) is 12.4. The summed E-state index contributed by atoms with van der Waals surface area (Å²) in [7, 11) is 1.56. The predicted octanol–water partition coefficient (Wildman–Crippen LogP) is 3.78. The average Bonchev–Trinajstić information content (AvgIpc) is 2.44. The van der Waals surface area contributed by atoms with Crippen LogP contribution in [0.4, 0.5) is 10.1 Å². The van der Waals surface area contributed by atoms with Gasteiger partial charge < -0.3 is 10.1 Å². The average molecular weight is 338 g/mol. The highest BCUT2D eigenvalue weighted by molar-refractivity contribution is 9.10. The normalized spacial score (nSPS) is 10.2. The molecular weight excluding hydrogens is 325 g/mol. The van der Waals surface area contributed by atoms with Gasteiger partial charge in [0.25, 0.3) is 0 Å². The van der Waals surface area contributed by atoms with Crippen LogP contribution in [-0.2, 0) is 11.2 Å². The van der Waals surface area contributed by atoms with Crippen molar-refractivity contribution in [1.82, 2.24) is 0 Å². The number of carbonyl (C=O) groups is 1. The number of anilines is 1. The molecule has 5 heteroatoms. The van der Waals surface area contributed by atoms with E-state index in [2.05, 4.69) is 21.2 Å². The fraction of sp³-hybridized carbons (Fsp3) is 0.133. The SMILES string of the molecule is COc1ccc(Br)c(NC(=O)Cc2ccc(F)cc2)c1. The van der Waals surface area contributed by atoms with Gasteiger partial charge in [-0.15, -0.1) is 0 Å². The number of ether oxygens (including phenoxy) is 1. The van der Waals surface area contributed by atoms with Gasteiger partial charge in [0.2, 0.25) is 5.91 Å². The second-order valence-corrected chi connectivity index (χ2v) is 5.05. The maximum Gasteiger partial charge on any atom is 0.228 e. The molecule has 2 rings (SSSR count). The lowest BCUT2D eigenvalue weighted by Gasteiger charge is -2.09. The Bertz CT molecular complexity index is 614. The third kappa shape index (κ3) is 3.81. The van der Waals surface area contributed by atoms with Crippen molar-refractivity contribution >= 4 is 27.5 Å². The number of rotatable bonds is 4. The molecule has 0 bridgehead atoms. The van der Waals surface area contributed by atoms with E-state index in [-0.39, 0.29) is 18.1 Å². The van der Waals surface area contributed by atoms with E-state index in [1.54, 1.807) is 37.4 Å². The van der Waals surface area contributed by atoms with Crippen LogP contribution < -0.4 is 10.1 Å². The topological polar surface area (TPSA) is 38.3 Å². The zero-order chi connectivity index (χ0) is 14.5. The van der Waals surface area contributed by atoms with Crippen LogP contribution in [0.25, 0.3) is 0 Å². The van der Waals surface area contributed by atoms with Gasteiger partial charge in [0.05, 0.1) is 19.2 Å². The van der Waals surface area contributed by atoms with Crippen molar-refractivity contribution < 1.29 is 13.9 Å². The third-order valence-corrected chi connectivity index (χ3v) is 3.42. The van der Waals surface area contributed by atoms with E-state index in [1.165, 1.54) is 12.1 Å². The summed E-state index contributed by atoms with van der Waals surface area (Å²) in [5, 5.41) is 2.79. The van der Waals surface area contributed by atoms with Crippen molar-refractivity contribution in [2.75, 3.05) is 12.4 Å². The molecule has 0 saturated heterocycles. The maximum atomic E-state index is 12.8. The zero-order valence-electron chi connectivity index (χ0n) is 10.8. The summed E-state index contributed by atoms with van der Waals surface area (Å²) in [6.07, 6.45) is 0.184. The number of amides is 1. The molecule has 2 aromatic carbocycles. The van der Waals surface area contributed by atoms with Crippen LogP contribution in [0.1, 0.15) is 5.56 Å². The summed E-state index contributed by atoms with van der Waals surface area (Å²) >= 11 is 3.36. The smallest absolute Gasteiger partial charge is 0.228 e. The predicted molar refractivity (Wildman–Crippen MR) is 79.4 cm³/mol. The van der Waals surface area contributed by atoms with Crippen LogP contribution >= 0.6 is 15.9 Å². The molecule has 1 N–H and O–H groups in total. The summed E-state index contributed by atoms with van der Waals surface area (Å²) in [6, 6.07) is 11.2. The summed E-state index contributed by atoms with van der Waals surface area (Å²) in [4.78, 5) is 12.0. The first-order valence-corrected chi connectivity index (χ1v) is 6.75. The quantitative estimate of drug-likeness (QED) is 0.921. The first kappa shape index (κ1) is 14.5. The first-order chi connectivity index (χ1) is 9.58. The van der Waals surface area contributed by atoms with Crippen molar-refractivity contribution in [3.8, 4) is 5.75 Å². The minimum Gasteiger partial charge on any atom is -0.497 e. The van der Waals surface area contributed by atoms with Crippen LogP contribution in [-0.4, -0.2) is 13.0 Å². The van der Waals surface area contributed by atoms with E-state index >= 15 is 0 Å². The van der Waals surface area contributed by atoms with Gasteiger partial charge in [0.15, 0.2) is 0 Å². The molecule has 2 aromatic rings. The number of benzene rings is 2. The highest BCUT2D eigenvalue weighted by Gasteiger charge is 2.08. The summed E-state index contributed by atoms with van der Waals surface area (Å²) in [6.45, 7) is 0. The molecule has 0 radical (unpaired) electrons. The minimum absolute atomic E-state index is 0.175. The fourth-order valence-electron chi connectivity index (χ4n) is 1.71. The van der Waals surface area contributed by atoms with E-state index < -0.39 is 0 Å². The van der Waals surface area contributed by atoms with Gasteiger partial charge in [0, 0.05) is 10.5 Å². The second-order valence-electron chi connectivity index (χ2n) is 4.20. The maximum absolute atomic E-state index is 12.8. The van der Waals surface area contributed by atoms with Gasteiger partial charge in [-0.25, -0.2) is 4.39 Å². The Hall–Kier alpha value is -1.88. The lowest BCUT2D eigenvalue weighted by molar-refractivity contribution is -0.115. The Kier molecular flexibility index (Phi) is 4.74. The van der Waals surface area contributed by atoms with E-state index in [9.17, 15) is 9.18 Å². The molecular formula is C15H13BrFNO2. The van der Waals surface area contributed by atoms with Crippen LogP contribution in [0.5, 0.6) is 5.75 Å². The Morgan fingerprint density at radius 3 is 2.60 bits per heavy atom. The summed E-state index contributed by atoms with van der Waals surface area (Å²) in [5.74, 6) is 0.167. The molecule has 1 amide bonds. The number of methoxy groups -OCH3 is 1. The molecule has 0 heterocycles. The van der Waals surface area contributed by atoms with Gasteiger partial charge in [-0.3, -0.25) is 4.79 Å². The standard InChI is InChI=1S/C15H13BrFNO2/c1-20-12-6-7-13(16)14(9-12)18-15(19)8-10-2-4-11(17)5-3-10/h2-7,9H,8H2,1H3,(H,18,19). The Balaban J connectivity index is 2.06. The molecule has 0 aliphatic carbocycles. The van der Waals surface area contributed by atoms with Gasteiger partial charge in [-0.05, 0) is 45.8 Å². The highest BCUT2D eigenvalue weighted by Crippen LogP contribution is 2.27. The molecule has 0 unspecified atom stereocenters. The lowest BCUT2D eigenvalue weighted by Crippen LogP contribution is -2.14. The Morgan fingerprint density at radius 2 is 1.95 bits per heavy atom. The van der Waals surface area contributed by atoms with Crippen molar-refractivity contribution in [3.63, 3.8) is 0 Å². The van der Waals surface area contributed by atoms with Gasteiger partial charge in [-0.1, -0.05) is 12.1 Å². The second kappa shape index (κ2) is 6.52. The summed E-state index contributed by atoms with van der Waals surface area (Å²) in [5.41, 5.74) is 1.39. The molecule has 0 fully saturated rings.